The van der Waals surface area contributed by atoms with Crippen molar-refractivity contribution in [3.63, 3.8) is 0 Å². The number of pyridine rings is 1. The van der Waals surface area contributed by atoms with Gasteiger partial charge in [-0.3, -0.25) is 10.1 Å². The number of hydrogen-bond donors (Lipinski definition) is 2. The Hall–Kier alpha value is -1.95. The van der Waals surface area contributed by atoms with Gasteiger partial charge < -0.3 is 10.2 Å². The molecule has 2 aromatic rings. The van der Waals surface area contributed by atoms with Crippen LogP contribution in [0.5, 0.6) is 0 Å². The van der Waals surface area contributed by atoms with E-state index in [0.29, 0.717) is 6.04 Å². The van der Waals surface area contributed by atoms with Crippen LogP contribution >= 0.6 is 0 Å². The minimum Gasteiger partial charge on any atom is -0.335 e. The molecule has 4 heterocycles. The molecule has 2 unspecified atom stereocenters. The summed E-state index contributed by atoms with van der Waals surface area (Å²) in [5, 5.41) is 10.9. The zero-order valence-electron chi connectivity index (χ0n) is 11.3. The zero-order valence-corrected chi connectivity index (χ0v) is 11.3. The Kier molecular flexibility index (Phi) is 2.88. The number of aromatic nitrogens is 4. The van der Waals surface area contributed by atoms with Gasteiger partial charge in [0.1, 0.15) is 5.69 Å². The summed E-state index contributed by atoms with van der Waals surface area (Å²) < 4.78 is 0. The molecule has 2 N–H and O–H groups in total. The molecule has 0 spiro atoms. The van der Waals surface area contributed by atoms with Crippen molar-refractivity contribution in [2.75, 3.05) is 24.5 Å². The summed E-state index contributed by atoms with van der Waals surface area (Å²) in [7, 11) is 0. The van der Waals surface area contributed by atoms with E-state index in [4.69, 9.17) is 0 Å². The largest absolute Gasteiger partial charge is 0.335 e. The molecule has 0 radical (unpaired) electrons. The molecule has 6 nitrogen and oxygen atoms in total. The molecule has 0 bridgehead atoms. The highest BCUT2D eigenvalue weighted by atomic mass is 15.4. The monoisotopic (exact) mass is 270 g/mol. The lowest BCUT2D eigenvalue weighted by Gasteiger charge is -2.36. The molecule has 2 aromatic heterocycles. The van der Waals surface area contributed by atoms with Crippen LogP contribution in [0.15, 0.2) is 24.4 Å². The molecule has 104 valence electrons. The molecule has 0 aliphatic carbocycles. The predicted molar refractivity (Wildman–Crippen MR) is 76.3 cm³/mol. The van der Waals surface area contributed by atoms with Crippen molar-refractivity contribution in [2.24, 2.45) is 5.92 Å². The van der Waals surface area contributed by atoms with E-state index in [2.05, 4.69) is 30.4 Å². The van der Waals surface area contributed by atoms with Gasteiger partial charge in [-0.05, 0) is 30.9 Å². The molecule has 2 aliphatic rings. The number of nitrogens with one attached hydrogen (secondary N) is 2. The van der Waals surface area contributed by atoms with Gasteiger partial charge in [-0.25, -0.2) is 0 Å². The van der Waals surface area contributed by atoms with Gasteiger partial charge in [-0.2, -0.15) is 4.98 Å². The second-order valence-electron chi connectivity index (χ2n) is 5.52. The lowest BCUT2D eigenvalue weighted by Crippen LogP contribution is -2.45. The first-order valence-electron chi connectivity index (χ1n) is 7.23. The van der Waals surface area contributed by atoms with Gasteiger partial charge in [0.05, 0.1) is 0 Å². The number of piperidine rings is 1. The van der Waals surface area contributed by atoms with Crippen molar-refractivity contribution in [1.29, 1.82) is 0 Å². The maximum atomic E-state index is 4.63. The second kappa shape index (κ2) is 4.86. The first-order valence-corrected chi connectivity index (χ1v) is 7.23. The van der Waals surface area contributed by atoms with E-state index in [0.717, 1.165) is 43.0 Å². The third kappa shape index (κ3) is 1.96. The van der Waals surface area contributed by atoms with Crippen molar-refractivity contribution in [1.82, 2.24) is 25.5 Å². The van der Waals surface area contributed by atoms with Gasteiger partial charge in [0.25, 0.3) is 0 Å². The molecule has 2 saturated heterocycles. The maximum absolute atomic E-state index is 4.63. The molecule has 2 aliphatic heterocycles. The lowest BCUT2D eigenvalue weighted by molar-refractivity contribution is 0.381. The van der Waals surface area contributed by atoms with E-state index in [9.17, 15) is 0 Å². The average Bonchev–Trinajstić information content (AvgIpc) is 3.17. The number of aromatic amines is 1. The summed E-state index contributed by atoms with van der Waals surface area (Å²) in [6.45, 7) is 3.21. The minimum absolute atomic E-state index is 0.538. The summed E-state index contributed by atoms with van der Waals surface area (Å²) in [5.74, 6) is 2.29. The van der Waals surface area contributed by atoms with Gasteiger partial charge in [0.15, 0.2) is 5.82 Å². The quantitative estimate of drug-likeness (QED) is 0.854. The Morgan fingerprint density at radius 1 is 1.25 bits per heavy atom. The van der Waals surface area contributed by atoms with E-state index in [-0.39, 0.29) is 0 Å². The van der Waals surface area contributed by atoms with Gasteiger partial charge >= 0.3 is 0 Å². The highest BCUT2D eigenvalue weighted by molar-refractivity contribution is 5.51. The summed E-state index contributed by atoms with van der Waals surface area (Å²) in [6, 6.07) is 6.35. The Bertz CT molecular complexity index is 580. The summed E-state index contributed by atoms with van der Waals surface area (Å²) in [5.41, 5.74) is 0.837. The molecule has 0 amide bonds. The van der Waals surface area contributed by atoms with Gasteiger partial charge in [-0.1, -0.05) is 6.07 Å². The van der Waals surface area contributed by atoms with Crippen LogP contribution in [0.2, 0.25) is 0 Å². The van der Waals surface area contributed by atoms with Crippen LogP contribution in [0.4, 0.5) is 5.95 Å². The zero-order chi connectivity index (χ0) is 13.4. The van der Waals surface area contributed by atoms with Crippen molar-refractivity contribution in [3.8, 4) is 11.5 Å². The molecular weight excluding hydrogens is 252 g/mol. The number of fused-ring (bicyclic) bond motifs is 1. The standard InChI is InChI=1S/C14H18N6/c1-2-6-16-11(5-1)13-17-14(19-18-13)20-7-3-4-10-8-15-9-12(10)20/h1-2,5-6,10,12,15H,3-4,7-9H2,(H,17,18,19). The Labute approximate surface area is 117 Å². The SMILES string of the molecule is c1ccc(-c2nc(N3CCCC4CNCC43)n[nH]2)nc1. The van der Waals surface area contributed by atoms with Crippen molar-refractivity contribution < 1.29 is 0 Å². The van der Waals surface area contributed by atoms with E-state index >= 15 is 0 Å². The molecule has 4 rings (SSSR count). The van der Waals surface area contributed by atoms with E-state index in [1.165, 1.54) is 12.8 Å². The number of anilines is 1. The fraction of sp³-hybridized carbons (Fsp3) is 0.500. The third-order valence-electron chi connectivity index (χ3n) is 4.32. The number of hydrogen-bond acceptors (Lipinski definition) is 5. The second-order valence-corrected chi connectivity index (χ2v) is 5.52. The highest BCUT2D eigenvalue weighted by Gasteiger charge is 2.36. The van der Waals surface area contributed by atoms with E-state index in [1.807, 2.05) is 18.2 Å². The molecule has 6 heteroatoms. The van der Waals surface area contributed by atoms with Crippen LogP contribution in [-0.2, 0) is 0 Å². The van der Waals surface area contributed by atoms with Crippen LogP contribution in [0.25, 0.3) is 11.5 Å². The molecule has 20 heavy (non-hydrogen) atoms. The molecule has 2 atom stereocenters. The number of nitrogens with zero attached hydrogens (tertiary/aromatic N) is 4. The fourth-order valence-corrected chi connectivity index (χ4v) is 3.32. The third-order valence-corrected chi connectivity index (χ3v) is 4.32. The smallest absolute Gasteiger partial charge is 0.245 e. The average molecular weight is 270 g/mol. The predicted octanol–water partition coefficient (Wildman–Crippen LogP) is 1.05. The Morgan fingerprint density at radius 2 is 2.25 bits per heavy atom. The summed E-state index contributed by atoms with van der Waals surface area (Å²) >= 11 is 0. The van der Waals surface area contributed by atoms with Crippen LogP contribution in [0, 0.1) is 5.92 Å². The fourth-order valence-electron chi connectivity index (χ4n) is 3.32. The first-order chi connectivity index (χ1) is 9.92. The summed E-state index contributed by atoms with van der Waals surface area (Å²) in [6.07, 6.45) is 4.30. The van der Waals surface area contributed by atoms with Crippen LogP contribution < -0.4 is 10.2 Å². The molecule has 0 saturated carbocycles. The number of H-pyrrole nitrogens is 1. The Morgan fingerprint density at radius 3 is 3.15 bits per heavy atom. The van der Waals surface area contributed by atoms with Crippen molar-refractivity contribution in [3.05, 3.63) is 24.4 Å². The first kappa shape index (κ1) is 11.8. The van der Waals surface area contributed by atoms with Crippen LogP contribution in [0.1, 0.15) is 12.8 Å². The minimum atomic E-state index is 0.538. The molecule has 2 fully saturated rings. The van der Waals surface area contributed by atoms with Gasteiger partial charge in [0, 0.05) is 31.9 Å². The topological polar surface area (TPSA) is 69.7 Å². The highest BCUT2D eigenvalue weighted by Crippen LogP contribution is 2.29. The molecular formula is C14H18N6. The Balaban J connectivity index is 1.61. The van der Waals surface area contributed by atoms with Gasteiger partial charge in [-0.15, -0.1) is 5.10 Å². The normalized spacial score (nSPS) is 25.7. The lowest BCUT2D eigenvalue weighted by atomic mass is 9.92. The van der Waals surface area contributed by atoms with E-state index < -0.39 is 0 Å². The van der Waals surface area contributed by atoms with Crippen LogP contribution in [-0.4, -0.2) is 45.8 Å². The summed E-state index contributed by atoms with van der Waals surface area (Å²) in [4.78, 5) is 11.3. The molecule has 0 aromatic carbocycles. The van der Waals surface area contributed by atoms with Crippen molar-refractivity contribution in [2.45, 2.75) is 18.9 Å². The van der Waals surface area contributed by atoms with Gasteiger partial charge in [0.2, 0.25) is 5.95 Å². The number of rotatable bonds is 2. The van der Waals surface area contributed by atoms with Crippen molar-refractivity contribution >= 4 is 5.95 Å². The van der Waals surface area contributed by atoms with Crippen LogP contribution in [0.3, 0.4) is 0 Å². The van der Waals surface area contributed by atoms with E-state index in [1.54, 1.807) is 6.20 Å². The maximum Gasteiger partial charge on any atom is 0.245 e.